The van der Waals surface area contributed by atoms with Crippen molar-refractivity contribution in [3.63, 3.8) is 0 Å². The Morgan fingerprint density at radius 1 is 1.40 bits per heavy atom. The normalized spacial score (nSPS) is 9.90. The van der Waals surface area contributed by atoms with Crippen molar-refractivity contribution in [2.45, 2.75) is 19.9 Å². The molecule has 0 aliphatic carbocycles. The van der Waals surface area contributed by atoms with Crippen LogP contribution in [0, 0.1) is 18.8 Å². The van der Waals surface area contributed by atoms with Gasteiger partial charge in [-0.05, 0) is 13.0 Å². The van der Waals surface area contributed by atoms with Gasteiger partial charge in [-0.1, -0.05) is 11.8 Å². The fraction of sp³-hybridized carbons (Fsp3) is 0.333. The molecule has 20 heavy (non-hydrogen) atoms. The molecule has 104 valence electrons. The molecule has 2 aromatic rings. The Kier molecular flexibility index (Phi) is 5.45. The maximum absolute atomic E-state index is 5.68. The summed E-state index contributed by atoms with van der Waals surface area (Å²) in [6.45, 7) is 3.29. The van der Waals surface area contributed by atoms with Gasteiger partial charge < -0.3 is 9.30 Å². The van der Waals surface area contributed by atoms with Gasteiger partial charge in [0.1, 0.15) is 18.2 Å². The summed E-state index contributed by atoms with van der Waals surface area (Å²) in [5.41, 5.74) is 0.839. The van der Waals surface area contributed by atoms with Crippen LogP contribution in [0.25, 0.3) is 0 Å². The maximum atomic E-state index is 5.68. The highest BCUT2D eigenvalue weighted by molar-refractivity contribution is 6.18. The smallest absolute Gasteiger partial charge is 0.138 e. The van der Waals surface area contributed by atoms with E-state index >= 15 is 0 Å². The van der Waals surface area contributed by atoms with Crippen LogP contribution in [0.5, 0.6) is 5.75 Å². The van der Waals surface area contributed by atoms with Crippen molar-refractivity contribution >= 4 is 11.6 Å². The summed E-state index contributed by atoms with van der Waals surface area (Å²) >= 11 is 5.58. The molecular formula is C15H16ClN3O. The number of aromatic nitrogens is 3. The molecule has 0 aliphatic rings. The average molecular weight is 290 g/mol. The Balaban J connectivity index is 1.89. The van der Waals surface area contributed by atoms with Crippen LogP contribution in [0.1, 0.15) is 17.8 Å². The number of hydrogen-bond acceptors (Lipinski definition) is 3. The van der Waals surface area contributed by atoms with Crippen molar-refractivity contribution in [1.29, 1.82) is 0 Å². The summed E-state index contributed by atoms with van der Waals surface area (Å²) in [7, 11) is 0. The molecule has 0 fully saturated rings. The van der Waals surface area contributed by atoms with E-state index in [1.165, 1.54) is 0 Å². The molecule has 0 atom stereocenters. The van der Waals surface area contributed by atoms with E-state index < -0.39 is 0 Å². The van der Waals surface area contributed by atoms with Gasteiger partial charge in [-0.2, -0.15) is 0 Å². The Labute approximate surface area is 123 Å². The molecule has 0 saturated carbocycles. The molecule has 5 heteroatoms. The number of alkyl halides is 1. The third-order valence-electron chi connectivity index (χ3n) is 2.69. The second-order valence-electron chi connectivity index (χ2n) is 4.17. The quantitative estimate of drug-likeness (QED) is 0.627. The number of nitrogens with zero attached hydrogens (tertiary/aromatic N) is 3. The van der Waals surface area contributed by atoms with E-state index in [9.17, 15) is 0 Å². The van der Waals surface area contributed by atoms with Crippen molar-refractivity contribution in [1.82, 2.24) is 14.5 Å². The first-order chi connectivity index (χ1) is 9.79. The maximum Gasteiger partial charge on any atom is 0.138 e. The number of ether oxygens (including phenoxy) is 1. The van der Waals surface area contributed by atoms with Gasteiger partial charge in [0.05, 0.1) is 12.7 Å². The predicted molar refractivity (Wildman–Crippen MR) is 78.9 cm³/mol. The molecule has 4 nitrogen and oxygen atoms in total. The van der Waals surface area contributed by atoms with Crippen LogP contribution in [0.2, 0.25) is 0 Å². The Morgan fingerprint density at radius 3 is 3.05 bits per heavy atom. The number of aryl methyl sites for hydroxylation is 1. The van der Waals surface area contributed by atoms with Crippen molar-refractivity contribution in [2.75, 3.05) is 12.5 Å². The molecule has 0 saturated heterocycles. The van der Waals surface area contributed by atoms with Crippen LogP contribution in [0.3, 0.4) is 0 Å². The minimum atomic E-state index is 0.543. The lowest BCUT2D eigenvalue weighted by atomic mass is 10.3. The molecule has 0 bridgehead atoms. The largest absolute Gasteiger partial charge is 0.490 e. The zero-order chi connectivity index (χ0) is 14.2. The number of halogens is 1. The minimum absolute atomic E-state index is 0.543. The highest BCUT2D eigenvalue weighted by atomic mass is 35.5. The van der Waals surface area contributed by atoms with Crippen molar-refractivity contribution in [2.24, 2.45) is 0 Å². The Morgan fingerprint density at radius 2 is 2.30 bits per heavy atom. The molecule has 0 amide bonds. The summed E-state index contributed by atoms with van der Waals surface area (Å²) in [5.74, 6) is 8.23. The van der Waals surface area contributed by atoms with Gasteiger partial charge in [0.2, 0.25) is 0 Å². The van der Waals surface area contributed by atoms with E-state index in [1.807, 2.05) is 23.8 Å². The Bertz CT molecular complexity index is 613. The molecular weight excluding hydrogens is 274 g/mol. The van der Waals surface area contributed by atoms with Gasteiger partial charge in [0, 0.05) is 36.5 Å². The van der Waals surface area contributed by atoms with Gasteiger partial charge in [0.25, 0.3) is 0 Å². The SMILES string of the molecule is Cc1nccn1CCOc1cncc(C#CCCCl)c1. The summed E-state index contributed by atoms with van der Waals surface area (Å²) in [6, 6.07) is 1.88. The molecule has 0 aromatic carbocycles. The van der Waals surface area contributed by atoms with Gasteiger partial charge in [-0.25, -0.2) is 4.98 Å². The van der Waals surface area contributed by atoms with Crippen LogP contribution >= 0.6 is 11.6 Å². The zero-order valence-corrected chi connectivity index (χ0v) is 12.1. The van der Waals surface area contributed by atoms with E-state index in [2.05, 4.69) is 21.8 Å². The third-order valence-corrected chi connectivity index (χ3v) is 2.88. The van der Waals surface area contributed by atoms with Gasteiger partial charge >= 0.3 is 0 Å². The summed E-state index contributed by atoms with van der Waals surface area (Å²) in [4.78, 5) is 8.28. The minimum Gasteiger partial charge on any atom is -0.490 e. The number of pyridine rings is 1. The lowest BCUT2D eigenvalue weighted by molar-refractivity contribution is 0.296. The molecule has 0 radical (unpaired) electrons. The van der Waals surface area contributed by atoms with Crippen LogP contribution in [-0.4, -0.2) is 27.0 Å². The predicted octanol–water partition coefficient (Wildman–Crippen LogP) is 2.65. The molecule has 0 N–H and O–H groups in total. The highest BCUT2D eigenvalue weighted by Crippen LogP contribution is 2.10. The Hall–Kier alpha value is -1.99. The zero-order valence-electron chi connectivity index (χ0n) is 11.3. The third kappa shape index (κ3) is 4.29. The first kappa shape index (κ1) is 14.4. The molecule has 0 aliphatic heterocycles. The van der Waals surface area contributed by atoms with Crippen LogP contribution in [0.15, 0.2) is 30.9 Å². The lowest BCUT2D eigenvalue weighted by Crippen LogP contribution is -2.08. The molecule has 2 heterocycles. The monoisotopic (exact) mass is 289 g/mol. The number of hydrogen-bond donors (Lipinski definition) is 0. The fourth-order valence-corrected chi connectivity index (χ4v) is 1.77. The van der Waals surface area contributed by atoms with E-state index in [0.717, 1.165) is 23.7 Å². The van der Waals surface area contributed by atoms with E-state index in [1.54, 1.807) is 18.6 Å². The van der Waals surface area contributed by atoms with Crippen LogP contribution in [0.4, 0.5) is 0 Å². The van der Waals surface area contributed by atoms with Crippen molar-refractivity contribution in [3.8, 4) is 17.6 Å². The second kappa shape index (κ2) is 7.56. The molecule has 2 aromatic heterocycles. The molecule has 0 spiro atoms. The second-order valence-corrected chi connectivity index (χ2v) is 4.54. The van der Waals surface area contributed by atoms with Gasteiger partial charge in [0.15, 0.2) is 0 Å². The average Bonchev–Trinajstić information content (AvgIpc) is 2.85. The van der Waals surface area contributed by atoms with Gasteiger partial charge in [-0.15, -0.1) is 11.6 Å². The number of rotatable bonds is 5. The summed E-state index contributed by atoms with van der Waals surface area (Å²) in [6.07, 6.45) is 7.79. The van der Waals surface area contributed by atoms with Crippen molar-refractivity contribution < 1.29 is 4.74 Å². The van der Waals surface area contributed by atoms with E-state index in [4.69, 9.17) is 16.3 Å². The highest BCUT2D eigenvalue weighted by Gasteiger charge is 1.99. The summed E-state index contributed by atoms with van der Waals surface area (Å²) in [5, 5.41) is 0. The van der Waals surface area contributed by atoms with E-state index in [-0.39, 0.29) is 0 Å². The number of imidazole rings is 1. The van der Waals surface area contributed by atoms with Crippen LogP contribution < -0.4 is 4.74 Å². The first-order valence-electron chi connectivity index (χ1n) is 6.40. The van der Waals surface area contributed by atoms with E-state index in [0.29, 0.717) is 18.9 Å². The van der Waals surface area contributed by atoms with Crippen LogP contribution in [-0.2, 0) is 6.54 Å². The topological polar surface area (TPSA) is 39.9 Å². The fourth-order valence-electron chi connectivity index (χ4n) is 1.68. The van der Waals surface area contributed by atoms with Crippen molar-refractivity contribution in [3.05, 3.63) is 42.2 Å². The standard InChI is InChI=1S/C15H16ClN3O/c1-13-18-6-7-19(13)8-9-20-15-10-14(11-17-12-15)4-2-3-5-16/h6-7,10-12H,3,5,8-9H2,1H3. The first-order valence-corrected chi connectivity index (χ1v) is 6.93. The summed E-state index contributed by atoms with van der Waals surface area (Å²) < 4.78 is 7.72. The lowest BCUT2D eigenvalue weighted by Gasteiger charge is -2.07. The molecule has 0 unspecified atom stereocenters. The van der Waals surface area contributed by atoms with Gasteiger partial charge in [-0.3, -0.25) is 4.98 Å². The molecule has 2 rings (SSSR count).